The number of Topliss-reactive ketones (excluding diaryl/α,β-unsaturated/α-hetero) is 1. The molecule has 5 aliphatic rings. The van der Waals surface area contributed by atoms with Crippen LogP contribution in [0.25, 0.3) is 0 Å². The molecule has 4 heterocycles. The van der Waals surface area contributed by atoms with Crippen LogP contribution in [-0.4, -0.2) is 204 Å². The minimum Gasteiger partial charge on any atom is -0.461 e. The van der Waals surface area contributed by atoms with Gasteiger partial charge in [0.15, 0.2) is 30.3 Å². The van der Waals surface area contributed by atoms with Crippen molar-refractivity contribution in [1.82, 2.24) is 14.9 Å². The molecular weight excluding hydrogens is 1180 g/mol. The topological polar surface area (TPSA) is 293 Å². The number of alkyl carbamates (subject to hydrolysis) is 1. The first kappa shape index (κ1) is 74.1. The van der Waals surface area contributed by atoms with Crippen molar-refractivity contribution in [2.45, 2.75) is 250 Å². The third kappa shape index (κ3) is 19.8. The van der Waals surface area contributed by atoms with Gasteiger partial charge in [-0.05, 0) is 105 Å². The first-order valence-electron chi connectivity index (χ1n) is 31.9. The lowest BCUT2D eigenvalue weighted by Gasteiger charge is -2.45. The van der Waals surface area contributed by atoms with E-state index in [1.54, 1.807) is 80.5 Å². The van der Waals surface area contributed by atoms with Crippen molar-refractivity contribution in [3.05, 3.63) is 30.3 Å². The van der Waals surface area contributed by atoms with Gasteiger partial charge in [0, 0.05) is 76.9 Å². The maximum absolute atomic E-state index is 16.1. The third-order valence-corrected chi connectivity index (χ3v) is 19.5. The molecule has 6 rings (SSSR count). The summed E-state index contributed by atoms with van der Waals surface area (Å²) in [5.74, 6) is -7.45. The molecule has 89 heavy (non-hydrogen) atoms. The molecule has 1 amide bonds. The number of ether oxygens (including phenoxy) is 11. The molecule has 22 atom stereocenters. The fourth-order valence-corrected chi connectivity index (χ4v) is 14.3. The van der Waals surface area contributed by atoms with Crippen LogP contribution in [0.3, 0.4) is 0 Å². The van der Waals surface area contributed by atoms with Crippen molar-refractivity contribution in [3.63, 3.8) is 0 Å². The fourth-order valence-electron chi connectivity index (χ4n) is 13.0. The van der Waals surface area contributed by atoms with Gasteiger partial charge in [-0.3, -0.25) is 19.3 Å². The Morgan fingerprint density at radius 2 is 1.49 bits per heavy atom. The molecule has 508 valence electrons. The van der Waals surface area contributed by atoms with Gasteiger partial charge in [0.2, 0.25) is 10.0 Å². The number of ketones is 1. The van der Waals surface area contributed by atoms with Gasteiger partial charge < -0.3 is 72.5 Å². The van der Waals surface area contributed by atoms with Gasteiger partial charge in [0.1, 0.15) is 43.7 Å². The van der Waals surface area contributed by atoms with E-state index >= 15 is 9.59 Å². The Hall–Kier alpha value is -3.96. The van der Waals surface area contributed by atoms with Crippen LogP contribution in [0.4, 0.5) is 4.79 Å². The first-order valence-corrected chi connectivity index (χ1v) is 33.4. The van der Waals surface area contributed by atoms with Crippen molar-refractivity contribution in [1.29, 1.82) is 0 Å². The van der Waals surface area contributed by atoms with Crippen LogP contribution in [0, 0.1) is 47.3 Å². The molecule has 4 saturated heterocycles. The van der Waals surface area contributed by atoms with Crippen LogP contribution in [0.5, 0.6) is 0 Å². The molecule has 1 aromatic rings. The van der Waals surface area contributed by atoms with Crippen LogP contribution >= 0.6 is 0 Å². The number of nitrogens with one attached hydrogen (secondary N) is 2. The zero-order chi connectivity index (χ0) is 66.0. The predicted molar refractivity (Wildman–Crippen MR) is 327 cm³/mol. The van der Waals surface area contributed by atoms with Crippen LogP contribution < -0.4 is 10.0 Å². The average molecular weight is 1280 g/mol. The molecule has 5 fully saturated rings. The number of methoxy groups -OCH3 is 2. The van der Waals surface area contributed by atoms with Crippen LogP contribution in [0.1, 0.15) is 142 Å². The second-order valence-corrected chi connectivity index (χ2v) is 29.0. The van der Waals surface area contributed by atoms with Crippen molar-refractivity contribution < 1.29 is 94.8 Å². The number of benzene rings is 1. The number of carbonyl (C=O) groups excluding carboxylic acids is 4. The lowest BCUT2D eigenvalue weighted by Crippen LogP contribution is -2.59. The molecule has 0 spiro atoms. The summed E-state index contributed by atoms with van der Waals surface area (Å²) >= 11 is 0. The molecule has 1 unspecified atom stereocenters. The number of sulfonamides is 1. The highest BCUT2D eigenvalue weighted by Gasteiger charge is 2.53. The van der Waals surface area contributed by atoms with Crippen molar-refractivity contribution in [3.8, 4) is 0 Å². The smallest absolute Gasteiger partial charge is 0.408 e. The molecule has 1 saturated carbocycles. The van der Waals surface area contributed by atoms with Gasteiger partial charge >= 0.3 is 18.0 Å². The minimum absolute atomic E-state index is 0.0155. The number of aliphatic hydroxyl groups excluding tert-OH is 2. The highest BCUT2D eigenvalue weighted by molar-refractivity contribution is 7.89. The molecule has 4 N–H and O–H groups in total. The Balaban J connectivity index is 1.50. The number of carbonyl (C=O) groups is 4. The van der Waals surface area contributed by atoms with Crippen LogP contribution in [0.15, 0.2) is 40.4 Å². The second kappa shape index (κ2) is 32.3. The number of esters is 2. The molecule has 25 heteroatoms. The van der Waals surface area contributed by atoms with E-state index in [4.69, 9.17) is 56.9 Å². The first-order chi connectivity index (χ1) is 41.7. The summed E-state index contributed by atoms with van der Waals surface area (Å²) in [6.07, 6.45) is -12.2. The Morgan fingerprint density at radius 3 is 2.11 bits per heavy atom. The standard InChI is InChI=1S/C64H106N4O20S/c1-34(2)26-48(69)84-54-41(9)53(36(4)32-80-61-57(78-17)56(77-16)50(70)44(12)83-61)86-59(73)43(11)55(85-49-27-37(5)68(30-39(7)81-49)31-45-24-25-45)40(8)52(87-60-51(71)47(67-79-18)28-38(6)82-60)35(3)29-64(15,58(72)42(54)10)88-62(74)66-63(13,14)33-65-89(75,76)46-22-20-19-21-23-46/h19-23,34-45,49-57,60-61,65,70-71H,24-33H2,1-18H3,(H,66,74)/t35-,36-,37?,38+,39-,40+,41-,42+,43+,44+,49-,50+,51+,52-,53+,54+,55-,56+,57+,60-,61+,64-/m0/s1. The Labute approximate surface area is 528 Å². The average Bonchev–Trinajstić information content (AvgIpc) is 2.67. The zero-order valence-corrected chi connectivity index (χ0v) is 56.6. The summed E-state index contributed by atoms with van der Waals surface area (Å²) in [6, 6.07) is 7.77. The number of hydrogen-bond donors (Lipinski definition) is 4. The van der Waals surface area contributed by atoms with E-state index in [2.05, 4.69) is 27.0 Å². The number of nitrogens with zero attached hydrogens (tertiary/aromatic N) is 2. The van der Waals surface area contributed by atoms with E-state index in [9.17, 15) is 28.2 Å². The minimum atomic E-state index is -4.03. The number of aliphatic hydroxyl groups is 2. The summed E-state index contributed by atoms with van der Waals surface area (Å²) in [4.78, 5) is 68.2. The molecule has 24 nitrogen and oxygen atoms in total. The van der Waals surface area contributed by atoms with E-state index < -0.39 is 160 Å². The number of oxime groups is 1. The van der Waals surface area contributed by atoms with Crippen LogP contribution in [0.2, 0.25) is 0 Å². The van der Waals surface area contributed by atoms with Gasteiger partial charge in [-0.25, -0.2) is 17.9 Å². The quantitative estimate of drug-likeness (QED) is 0.0544. The molecule has 0 bridgehead atoms. The van der Waals surface area contributed by atoms with E-state index in [1.807, 2.05) is 27.7 Å². The number of cyclic esters (lactones) is 1. The summed E-state index contributed by atoms with van der Waals surface area (Å²) in [7, 11) is 0.220. The van der Waals surface area contributed by atoms with E-state index in [0.29, 0.717) is 18.9 Å². The molecule has 1 aromatic carbocycles. The summed E-state index contributed by atoms with van der Waals surface area (Å²) in [5.41, 5.74) is -3.18. The Bertz CT molecular complexity index is 2600. The summed E-state index contributed by atoms with van der Waals surface area (Å²) < 4.78 is 100. The molecule has 0 radical (unpaired) electrons. The normalized spacial score (nSPS) is 37.6. The van der Waals surface area contributed by atoms with Crippen molar-refractivity contribution in [2.24, 2.45) is 52.5 Å². The third-order valence-electron chi connectivity index (χ3n) is 18.1. The van der Waals surface area contributed by atoms with Crippen LogP contribution in [-0.2, 0) is 81.3 Å². The largest absolute Gasteiger partial charge is 0.461 e. The summed E-state index contributed by atoms with van der Waals surface area (Å²) in [5, 5.41) is 29.9. The van der Waals surface area contributed by atoms with Gasteiger partial charge in [0.25, 0.3) is 0 Å². The van der Waals surface area contributed by atoms with Crippen molar-refractivity contribution in [2.75, 3.05) is 47.6 Å². The van der Waals surface area contributed by atoms with Gasteiger partial charge in [-0.1, -0.05) is 71.8 Å². The van der Waals surface area contributed by atoms with Gasteiger partial charge in [-0.2, -0.15) is 0 Å². The fraction of sp³-hybridized carbons (Fsp3) is 0.828. The van der Waals surface area contributed by atoms with E-state index in [0.717, 1.165) is 19.4 Å². The predicted octanol–water partition coefficient (Wildman–Crippen LogP) is 6.54. The number of hydrogen-bond acceptors (Lipinski definition) is 22. The highest BCUT2D eigenvalue weighted by atomic mass is 32.2. The zero-order valence-electron chi connectivity index (χ0n) is 55.8. The van der Waals surface area contributed by atoms with E-state index in [-0.39, 0.29) is 61.1 Å². The highest BCUT2D eigenvalue weighted by Crippen LogP contribution is 2.41. The number of amides is 1. The molecule has 0 aromatic heterocycles. The van der Waals surface area contributed by atoms with Crippen molar-refractivity contribution >= 4 is 39.6 Å². The maximum Gasteiger partial charge on any atom is 0.408 e. The SMILES string of the molecule is CON=C1C[C@@H](C)O[C@@H](O[C@@H]2[C@@H](C)[C@H](O[C@H]3CC(C)N(CC4CC4)C[C@H](C)O3)[C@@H](C)C(=O)O[C@H]([C@@H](C)CO[C@@H]3O[C@H](C)[C@@H](O)[C@@H](OC)[C@H]3OC)[C@H](C)[C@@H](OC(=O)CC(C)C)[C@@H](C)C(=O)[C@@](C)(OC(=O)NC(C)(C)CNS(=O)(=O)c3ccccc3)C[C@@H]2C)[C@@H]1O. The Morgan fingerprint density at radius 1 is 0.831 bits per heavy atom. The lowest BCUT2D eigenvalue weighted by molar-refractivity contribution is -0.305. The molecule has 4 aliphatic heterocycles. The Kier molecular flexibility index (Phi) is 26.8. The second-order valence-electron chi connectivity index (χ2n) is 27.3. The van der Waals surface area contributed by atoms with Gasteiger partial charge in [0.05, 0.1) is 65.1 Å². The van der Waals surface area contributed by atoms with E-state index in [1.165, 1.54) is 40.4 Å². The van der Waals surface area contributed by atoms with Gasteiger partial charge in [-0.15, -0.1) is 0 Å². The number of rotatable bonds is 22. The molecule has 1 aliphatic carbocycles. The monoisotopic (exact) mass is 1280 g/mol. The maximum atomic E-state index is 16.1. The lowest BCUT2D eigenvalue weighted by atomic mass is 9.74. The molecular formula is C64H106N4O20S. The summed E-state index contributed by atoms with van der Waals surface area (Å²) in [6.45, 7) is 27.5.